The highest BCUT2D eigenvalue weighted by Gasteiger charge is 2.31. The van der Waals surface area contributed by atoms with Crippen molar-refractivity contribution in [2.45, 2.75) is 84.1 Å². The van der Waals surface area contributed by atoms with Crippen molar-refractivity contribution < 1.29 is 0 Å². The monoisotopic (exact) mass is 264 g/mol. The topological polar surface area (TPSA) is 27.0 Å². The van der Waals surface area contributed by atoms with Gasteiger partial charge in [0.1, 0.15) is 0 Å². The SMILES string of the molecule is CCCCCCC[C@@H](CCCCC)N1CC(C#N)C1. The van der Waals surface area contributed by atoms with Crippen LogP contribution in [0, 0.1) is 17.2 Å². The summed E-state index contributed by atoms with van der Waals surface area (Å²) in [5.74, 6) is 0.314. The summed E-state index contributed by atoms with van der Waals surface area (Å²) in [6, 6.07) is 3.16. The quantitative estimate of drug-likeness (QED) is 0.503. The van der Waals surface area contributed by atoms with Gasteiger partial charge < -0.3 is 0 Å². The molecular formula is C17H32N2. The molecule has 0 bridgehead atoms. The molecule has 0 unspecified atom stereocenters. The van der Waals surface area contributed by atoms with Crippen molar-refractivity contribution in [2.24, 2.45) is 5.92 Å². The summed E-state index contributed by atoms with van der Waals surface area (Å²) >= 11 is 0. The zero-order valence-corrected chi connectivity index (χ0v) is 13.0. The molecule has 0 aliphatic carbocycles. The van der Waals surface area contributed by atoms with Gasteiger partial charge in [0.15, 0.2) is 0 Å². The highest BCUT2D eigenvalue weighted by Crippen LogP contribution is 2.25. The second-order valence-electron chi connectivity index (χ2n) is 6.13. The van der Waals surface area contributed by atoms with Gasteiger partial charge in [-0.3, -0.25) is 4.90 Å². The van der Waals surface area contributed by atoms with Crippen LogP contribution < -0.4 is 0 Å². The third kappa shape index (κ3) is 6.43. The predicted octanol–water partition coefficient (Wildman–Crippen LogP) is 4.75. The number of nitrogens with zero attached hydrogens (tertiary/aromatic N) is 2. The van der Waals surface area contributed by atoms with Gasteiger partial charge in [0.25, 0.3) is 0 Å². The van der Waals surface area contributed by atoms with Gasteiger partial charge in [-0.2, -0.15) is 5.26 Å². The fourth-order valence-corrected chi connectivity index (χ4v) is 3.02. The van der Waals surface area contributed by atoms with Gasteiger partial charge in [-0.25, -0.2) is 0 Å². The summed E-state index contributed by atoms with van der Waals surface area (Å²) in [6.45, 7) is 6.61. The third-order valence-electron chi connectivity index (χ3n) is 4.39. The largest absolute Gasteiger partial charge is 0.298 e. The minimum Gasteiger partial charge on any atom is -0.298 e. The molecule has 110 valence electrons. The Morgan fingerprint density at radius 2 is 1.47 bits per heavy atom. The van der Waals surface area contributed by atoms with Crippen LogP contribution in [0.2, 0.25) is 0 Å². The lowest BCUT2D eigenvalue weighted by molar-refractivity contribution is 0.0674. The van der Waals surface area contributed by atoms with E-state index in [2.05, 4.69) is 24.8 Å². The van der Waals surface area contributed by atoms with Crippen LogP contribution in [0.4, 0.5) is 0 Å². The molecule has 0 saturated carbocycles. The van der Waals surface area contributed by atoms with Crippen LogP contribution in [0.3, 0.4) is 0 Å². The van der Waals surface area contributed by atoms with E-state index in [1.807, 2.05) is 0 Å². The Morgan fingerprint density at radius 1 is 0.947 bits per heavy atom. The van der Waals surface area contributed by atoms with Crippen molar-refractivity contribution in [3.63, 3.8) is 0 Å². The molecule has 0 radical (unpaired) electrons. The molecule has 0 amide bonds. The maximum absolute atomic E-state index is 8.90. The van der Waals surface area contributed by atoms with Crippen LogP contribution >= 0.6 is 0 Å². The van der Waals surface area contributed by atoms with E-state index in [0.717, 1.165) is 19.1 Å². The molecule has 2 nitrogen and oxygen atoms in total. The number of nitriles is 1. The lowest BCUT2D eigenvalue weighted by atomic mass is 9.93. The normalized spacial score (nSPS) is 17.9. The molecule has 1 aliphatic heterocycles. The summed E-state index contributed by atoms with van der Waals surface area (Å²) in [4.78, 5) is 2.56. The Labute approximate surface area is 120 Å². The molecule has 0 aromatic heterocycles. The Bertz CT molecular complexity index is 250. The Kier molecular flexibility index (Phi) is 8.91. The Morgan fingerprint density at radius 3 is 2.05 bits per heavy atom. The van der Waals surface area contributed by atoms with Crippen LogP contribution in [0.25, 0.3) is 0 Å². The van der Waals surface area contributed by atoms with Crippen molar-refractivity contribution in [3.05, 3.63) is 0 Å². The van der Waals surface area contributed by atoms with E-state index in [1.54, 1.807) is 0 Å². The molecule has 1 saturated heterocycles. The number of hydrogen-bond acceptors (Lipinski definition) is 2. The molecule has 1 aliphatic rings. The van der Waals surface area contributed by atoms with E-state index in [4.69, 9.17) is 5.26 Å². The van der Waals surface area contributed by atoms with Gasteiger partial charge in [0, 0.05) is 19.1 Å². The van der Waals surface area contributed by atoms with Crippen LogP contribution in [0.15, 0.2) is 0 Å². The standard InChI is InChI=1S/C17H32N2/c1-3-5-7-8-10-12-17(11-9-6-4-2)19-14-16(13-18)15-19/h16-17H,3-12,14-15H2,1-2H3/t17-/m1/s1. The molecule has 1 atom stereocenters. The van der Waals surface area contributed by atoms with Gasteiger partial charge in [0.05, 0.1) is 12.0 Å². The fourth-order valence-electron chi connectivity index (χ4n) is 3.02. The lowest BCUT2D eigenvalue weighted by Gasteiger charge is -2.42. The maximum atomic E-state index is 8.90. The smallest absolute Gasteiger partial charge is 0.0717 e. The minimum atomic E-state index is 0.314. The van der Waals surface area contributed by atoms with E-state index in [9.17, 15) is 0 Å². The van der Waals surface area contributed by atoms with E-state index in [1.165, 1.54) is 64.2 Å². The molecule has 0 N–H and O–H groups in total. The predicted molar refractivity (Wildman–Crippen MR) is 82.0 cm³/mol. The number of rotatable bonds is 11. The summed E-state index contributed by atoms with van der Waals surface area (Å²) in [5.41, 5.74) is 0. The average molecular weight is 264 g/mol. The van der Waals surface area contributed by atoms with Crippen molar-refractivity contribution in [3.8, 4) is 6.07 Å². The van der Waals surface area contributed by atoms with Crippen molar-refractivity contribution in [1.82, 2.24) is 4.90 Å². The van der Waals surface area contributed by atoms with Crippen molar-refractivity contribution in [1.29, 1.82) is 5.26 Å². The highest BCUT2D eigenvalue weighted by atomic mass is 15.2. The second kappa shape index (κ2) is 10.3. The second-order valence-corrected chi connectivity index (χ2v) is 6.13. The molecule has 19 heavy (non-hydrogen) atoms. The molecule has 2 heteroatoms. The zero-order valence-electron chi connectivity index (χ0n) is 13.0. The fraction of sp³-hybridized carbons (Fsp3) is 0.941. The number of likely N-dealkylation sites (tertiary alicyclic amines) is 1. The van der Waals surface area contributed by atoms with E-state index in [-0.39, 0.29) is 0 Å². The van der Waals surface area contributed by atoms with Crippen molar-refractivity contribution >= 4 is 0 Å². The third-order valence-corrected chi connectivity index (χ3v) is 4.39. The van der Waals surface area contributed by atoms with Gasteiger partial charge in [-0.05, 0) is 12.8 Å². The number of hydrogen-bond donors (Lipinski definition) is 0. The van der Waals surface area contributed by atoms with Crippen LogP contribution in [-0.4, -0.2) is 24.0 Å². The summed E-state index contributed by atoms with van der Waals surface area (Å²) in [6.07, 6.45) is 13.6. The Hall–Kier alpha value is -0.550. The van der Waals surface area contributed by atoms with Crippen LogP contribution in [-0.2, 0) is 0 Å². The lowest BCUT2D eigenvalue weighted by Crippen LogP contribution is -2.51. The Balaban J connectivity index is 2.19. The van der Waals surface area contributed by atoms with Gasteiger partial charge in [-0.1, -0.05) is 65.2 Å². The van der Waals surface area contributed by atoms with Crippen LogP contribution in [0.5, 0.6) is 0 Å². The van der Waals surface area contributed by atoms with E-state index in [0.29, 0.717) is 5.92 Å². The maximum Gasteiger partial charge on any atom is 0.0717 e. The van der Waals surface area contributed by atoms with E-state index < -0.39 is 0 Å². The van der Waals surface area contributed by atoms with Crippen LogP contribution in [0.1, 0.15) is 78.1 Å². The zero-order chi connectivity index (χ0) is 13.9. The summed E-state index contributed by atoms with van der Waals surface area (Å²) in [5, 5.41) is 8.90. The summed E-state index contributed by atoms with van der Waals surface area (Å²) in [7, 11) is 0. The van der Waals surface area contributed by atoms with Gasteiger partial charge >= 0.3 is 0 Å². The molecule has 0 aromatic rings. The molecule has 0 aromatic carbocycles. The molecule has 1 heterocycles. The highest BCUT2D eigenvalue weighted by molar-refractivity contribution is 4.97. The number of unbranched alkanes of at least 4 members (excludes halogenated alkanes) is 6. The molecule has 1 fully saturated rings. The van der Waals surface area contributed by atoms with E-state index >= 15 is 0 Å². The molecular weight excluding hydrogens is 232 g/mol. The molecule has 0 spiro atoms. The first-order chi connectivity index (χ1) is 9.31. The van der Waals surface area contributed by atoms with Gasteiger partial charge in [0.2, 0.25) is 0 Å². The summed E-state index contributed by atoms with van der Waals surface area (Å²) < 4.78 is 0. The first-order valence-electron chi connectivity index (χ1n) is 8.45. The van der Waals surface area contributed by atoms with Crippen molar-refractivity contribution in [2.75, 3.05) is 13.1 Å². The molecule has 1 rings (SSSR count). The first-order valence-corrected chi connectivity index (χ1v) is 8.45. The van der Waals surface area contributed by atoms with Gasteiger partial charge in [-0.15, -0.1) is 0 Å². The average Bonchev–Trinajstić information content (AvgIpc) is 2.36. The minimum absolute atomic E-state index is 0.314. The first kappa shape index (κ1) is 16.5.